The molecule has 1 aliphatic rings. The van der Waals surface area contributed by atoms with Crippen molar-refractivity contribution in [2.24, 2.45) is 5.92 Å². The number of hydrogen-bond acceptors (Lipinski definition) is 3. The Kier molecular flexibility index (Phi) is 5.60. The molecule has 0 atom stereocenters. The van der Waals surface area contributed by atoms with Crippen LogP contribution in [0.3, 0.4) is 0 Å². The second-order valence-electron chi connectivity index (χ2n) is 5.66. The van der Waals surface area contributed by atoms with Crippen LogP contribution in [0.25, 0.3) is 0 Å². The van der Waals surface area contributed by atoms with Gasteiger partial charge in [-0.2, -0.15) is 0 Å². The van der Waals surface area contributed by atoms with Gasteiger partial charge in [-0.1, -0.05) is 29.3 Å². The molecule has 0 heterocycles. The van der Waals surface area contributed by atoms with Crippen molar-refractivity contribution >= 4 is 35.7 Å². The van der Waals surface area contributed by atoms with Gasteiger partial charge < -0.3 is 4.74 Å². The van der Waals surface area contributed by atoms with E-state index in [1.807, 2.05) is 13.0 Å². The Morgan fingerprint density at radius 1 is 1.29 bits per heavy atom. The van der Waals surface area contributed by atoms with Crippen molar-refractivity contribution in [3.63, 3.8) is 0 Å². The molecule has 0 unspecified atom stereocenters. The highest BCUT2D eigenvalue weighted by atomic mass is 79.9. The van der Waals surface area contributed by atoms with Gasteiger partial charge in [0.15, 0.2) is 0 Å². The van der Waals surface area contributed by atoms with E-state index in [4.69, 9.17) is 15.4 Å². The first-order chi connectivity index (χ1) is 9.81. The molecule has 2 rings (SSSR count). The molecule has 1 fully saturated rings. The summed E-state index contributed by atoms with van der Waals surface area (Å²) in [5.74, 6) is 1.17. The average Bonchev–Trinajstić information content (AvgIpc) is 2.41. The highest BCUT2D eigenvalue weighted by molar-refractivity contribution is 9.10. The molecule has 0 radical (unpaired) electrons. The van der Waals surface area contributed by atoms with Gasteiger partial charge in [-0.05, 0) is 56.2 Å². The summed E-state index contributed by atoms with van der Waals surface area (Å²) in [6, 6.07) is 3.35. The lowest BCUT2D eigenvalue weighted by atomic mass is 9.86. The Hall–Kier alpha value is -0.260. The fourth-order valence-corrected chi connectivity index (χ4v) is 4.62. The molecule has 1 aromatic rings. The largest absolute Gasteiger partial charge is 0.489 e. The third-order valence-electron chi connectivity index (χ3n) is 4.12. The van der Waals surface area contributed by atoms with Crippen molar-refractivity contribution in [2.45, 2.75) is 57.0 Å². The summed E-state index contributed by atoms with van der Waals surface area (Å²) in [6.07, 6.45) is 5.49. The molecular formula is C15H20BrClO3S. The lowest BCUT2D eigenvalue weighted by Crippen LogP contribution is -2.24. The van der Waals surface area contributed by atoms with Crippen molar-refractivity contribution in [1.29, 1.82) is 0 Å². The highest BCUT2D eigenvalue weighted by Crippen LogP contribution is 2.37. The summed E-state index contributed by atoms with van der Waals surface area (Å²) in [6.45, 7) is 4.05. The van der Waals surface area contributed by atoms with E-state index in [-0.39, 0.29) is 11.0 Å². The van der Waals surface area contributed by atoms with Crippen LogP contribution in [0, 0.1) is 12.8 Å². The van der Waals surface area contributed by atoms with Gasteiger partial charge in [0.05, 0.1) is 6.10 Å². The Morgan fingerprint density at radius 3 is 2.43 bits per heavy atom. The van der Waals surface area contributed by atoms with Crippen LogP contribution >= 0.6 is 26.6 Å². The molecule has 6 heteroatoms. The number of aryl methyl sites for hydroxylation is 1. The molecule has 0 aromatic heterocycles. The fraction of sp³-hybridized carbons (Fsp3) is 0.600. The molecular weight excluding hydrogens is 376 g/mol. The van der Waals surface area contributed by atoms with Gasteiger partial charge in [-0.25, -0.2) is 8.42 Å². The summed E-state index contributed by atoms with van der Waals surface area (Å²) in [5.41, 5.74) is 0.779. The van der Waals surface area contributed by atoms with Crippen molar-refractivity contribution in [3.05, 3.63) is 22.2 Å². The number of halogens is 2. The number of benzene rings is 1. The third kappa shape index (κ3) is 4.36. The SMILES string of the molecule is CCC1CCC(Oc2c(C)cc(Br)cc2S(=O)(=O)Cl)CC1. The number of hydrogen-bond donors (Lipinski definition) is 0. The Balaban J connectivity index is 2.24. The van der Waals surface area contributed by atoms with E-state index in [0.29, 0.717) is 10.2 Å². The molecule has 3 nitrogen and oxygen atoms in total. The predicted molar refractivity (Wildman–Crippen MR) is 88.6 cm³/mol. The molecule has 1 aliphatic carbocycles. The molecule has 0 amide bonds. The molecule has 21 heavy (non-hydrogen) atoms. The first-order valence-corrected chi connectivity index (χ1v) is 10.3. The smallest absolute Gasteiger partial charge is 0.265 e. The second-order valence-corrected chi connectivity index (χ2v) is 9.11. The minimum Gasteiger partial charge on any atom is -0.489 e. The van der Waals surface area contributed by atoms with Gasteiger partial charge in [-0.3, -0.25) is 0 Å². The van der Waals surface area contributed by atoms with Crippen LogP contribution in [0.1, 0.15) is 44.6 Å². The maximum Gasteiger partial charge on any atom is 0.265 e. The molecule has 1 saturated carbocycles. The molecule has 0 bridgehead atoms. The van der Waals surface area contributed by atoms with E-state index in [1.54, 1.807) is 0 Å². The second kappa shape index (κ2) is 6.88. The highest BCUT2D eigenvalue weighted by Gasteiger charge is 2.26. The van der Waals surface area contributed by atoms with Crippen LogP contribution < -0.4 is 4.74 Å². The van der Waals surface area contributed by atoms with Crippen LogP contribution in [0.2, 0.25) is 0 Å². The topological polar surface area (TPSA) is 43.4 Å². The van der Waals surface area contributed by atoms with Crippen molar-refractivity contribution < 1.29 is 13.2 Å². The summed E-state index contributed by atoms with van der Waals surface area (Å²) in [5, 5.41) is 0. The van der Waals surface area contributed by atoms with Gasteiger partial charge in [0, 0.05) is 15.2 Å². The average molecular weight is 396 g/mol. The summed E-state index contributed by atoms with van der Waals surface area (Å²) < 4.78 is 30.2. The normalized spacial score (nSPS) is 23.0. The van der Waals surface area contributed by atoms with Gasteiger partial charge in [-0.15, -0.1) is 0 Å². The predicted octanol–water partition coefficient (Wildman–Crippen LogP) is 5.03. The zero-order valence-electron chi connectivity index (χ0n) is 12.2. The maximum atomic E-state index is 11.8. The van der Waals surface area contributed by atoms with E-state index in [1.165, 1.54) is 12.5 Å². The van der Waals surface area contributed by atoms with Crippen LogP contribution in [0.5, 0.6) is 5.75 Å². The third-order valence-corrected chi connectivity index (χ3v) is 5.91. The lowest BCUT2D eigenvalue weighted by Gasteiger charge is -2.29. The molecule has 0 spiro atoms. The summed E-state index contributed by atoms with van der Waals surface area (Å²) in [4.78, 5) is 0.0497. The quantitative estimate of drug-likeness (QED) is 0.671. The van der Waals surface area contributed by atoms with Gasteiger partial charge in [0.2, 0.25) is 0 Å². The first kappa shape index (κ1) is 17.1. The molecule has 0 saturated heterocycles. The van der Waals surface area contributed by atoms with Crippen LogP contribution in [-0.4, -0.2) is 14.5 Å². The number of ether oxygens (including phenoxy) is 1. The first-order valence-electron chi connectivity index (χ1n) is 7.22. The van der Waals surface area contributed by atoms with E-state index in [9.17, 15) is 8.42 Å². The minimum absolute atomic E-state index is 0.0497. The zero-order valence-corrected chi connectivity index (χ0v) is 15.4. The number of rotatable bonds is 4. The van der Waals surface area contributed by atoms with E-state index in [0.717, 1.165) is 37.2 Å². The molecule has 118 valence electrons. The van der Waals surface area contributed by atoms with Crippen LogP contribution in [-0.2, 0) is 9.05 Å². The van der Waals surface area contributed by atoms with E-state index >= 15 is 0 Å². The molecule has 0 aliphatic heterocycles. The van der Waals surface area contributed by atoms with Crippen molar-refractivity contribution in [1.82, 2.24) is 0 Å². The Labute approximate surface area is 139 Å². The summed E-state index contributed by atoms with van der Waals surface area (Å²) >= 11 is 3.30. The Bertz CT molecular complexity index is 608. The molecule has 1 aromatic carbocycles. The lowest BCUT2D eigenvalue weighted by molar-refractivity contribution is 0.126. The van der Waals surface area contributed by atoms with Gasteiger partial charge in [0.1, 0.15) is 10.6 Å². The molecule has 0 N–H and O–H groups in total. The minimum atomic E-state index is -3.83. The van der Waals surface area contributed by atoms with E-state index < -0.39 is 9.05 Å². The van der Waals surface area contributed by atoms with Crippen LogP contribution in [0.4, 0.5) is 0 Å². The fourth-order valence-electron chi connectivity index (χ4n) is 2.86. The van der Waals surface area contributed by atoms with Gasteiger partial charge >= 0.3 is 0 Å². The Morgan fingerprint density at radius 2 is 1.90 bits per heavy atom. The van der Waals surface area contributed by atoms with Gasteiger partial charge in [0.25, 0.3) is 9.05 Å². The summed E-state index contributed by atoms with van der Waals surface area (Å²) in [7, 11) is 1.71. The zero-order chi connectivity index (χ0) is 15.6. The monoisotopic (exact) mass is 394 g/mol. The van der Waals surface area contributed by atoms with Crippen molar-refractivity contribution in [3.8, 4) is 5.75 Å². The van der Waals surface area contributed by atoms with Crippen molar-refractivity contribution in [2.75, 3.05) is 0 Å². The maximum absolute atomic E-state index is 11.8. The van der Waals surface area contributed by atoms with Crippen LogP contribution in [0.15, 0.2) is 21.5 Å². The standard InChI is InChI=1S/C15H20BrClO3S/c1-3-11-4-6-13(7-5-11)20-15-10(2)8-12(16)9-14(15)21(17,18)19/h8-9,11,13H,3-7H2,1-2H3. The van der Waals surface area contributed by atoms with E-state index in [2.05, 4.69) is 22.9 Å².